The van der Waals surface area contributed by atoms with Crippen LogP contribution >= 0.6 is 23.7 Å². The third-order valence-corrected chi connectivity index (χ3v) is 5.09. The first-order chi connectivity index (χ1) is 10.6. The summed E-state index contributed by atoms with van der Waals surface area (Å²) in [5.41, 5.74) is 5.41. The lowest BCUT2D eigenvalue weighted by atomic mass is 10.0. The standard InChI is InChI=1S/C15H27N5OS.ClH/c1-19(2)15-18-10-13(22-15)11-20-8-4-3-5-12(20)9-17-14(21)6-7-16;/h10,12H,3-9,11,16H2,1-2H3,(H,17,21);1H. The van der Waals surface area contributed by atoms with Gasteiger partial charge in [-0.3, -0.25) is 9.69 Å². The molecule has 1 aliphatic rings. The number of rotatable bonds is 7. The van der Waals surface area contributed by atoms with Crippen LogP contribution in [-0.2, 0) is 11.3 Å². The summed E-state index contributed by atoms with van der Waals surface area (Å²) in [4.78, 5) is 21.8. The van der Waals surface area contributed by atoms with E-state index in [0.29, 0.717) is 19.0 Å². The van der Waals surface area contributed by atoms with E-state index in [4.69, 9.17) is 5.73 Å². The molecule has 132 valence electrons. The summed E-state index contributed by atoms with van der Waals surface area (Å²) < 4.78 is 0. The first kappa shape index (κ1) is 20.2. The van der Waals surface area contributed by atoms with E-state index in [1.54, 1.807) is 11.3 Å². The number of likely N-dealkylation sites (tertiary alicyclic amines) is 1. The minimum Gasteiger partial charge on any atom is -0.354 e. The van der Waals surface area contributed by atoms with Crippen LogP contribution < -0.4 is 16.0 Å². The van der Waals surface area contributed by atoms with Crippen molar-refractivity contribution in [1.29, 1.82) is 0 Å². The highest BCUT2D eigenvalue weighted by Gasteiger charge is 2.23. The van der Waals surface area contributed by atoms with Gasteiger partial charge in [0.25, 0.3) is 0 Å². The monoisotopic (exact) mass is 361 g/mol. The van der Waals surface area contributed by atoms with Gasteiger partial charge in [0, 0.05) is 57.3 Å². The van der Waals surface area contributed by atoms with Gasteiger partial charge in [-0.25, -0.2) is 4.98 Å². The fraction of sp³-hybridized carbons (Fsp3) is 0.733. The minimum absolute atomic E-state index is 0. The number of nitrogens with zero attached hydrogens (tertiary/aromatic N) is 3. The van der Waals surface area contributed by atoms with Crippen LogP contribution in [0, 0.1) is 0 Å². The number of amides is 1. The van der Waals surface area contributed by atoms with Crippen LogP contribution in [0.1, 0.15) is 30.6 Å². The van der Waals surface area contributed by atoms with E-state index in [0.717, 1.165) is 31.2 Å². The summed E-state index contributed by atoms with van der Waals surface area (Å²) in [6.45, 7) is 3.14. The summed E-state index contributed by atoms with van der Waals surface area (Å²) in [5, 5.41) is 4.05. The van der Waals surface area contributed by atoms with Crippen LogP contribution in [0.15, 0.2) is 6.20 Å². The third-order valence-electron chi connectivity index (χ3n) is 3.94. The van der Waals surface area contributed by atoms with E-state index in [-0.39, 0.29) is 18.3 Å². The van der Waals surface area contributed by atoms with Crippen molar-refractivity contribution >= 4 is 34.8 Å². The molecule has 1 aromatic heterocycles. The quantitative estimate of drug-likeness (QED) is 0.768. The number of nitrogens with one attached hydrogen (secondary N) is 1. The van der Waals surface area contributed by atoms with Gasteiger partial charge in [0.15, 0.2) is 5.13 Å². The van der Waals surface area contributed by atoms with Crippen LogP contribution in [0.3, 0.4) is 0 Å². The van der Waals surface area contributed by atoms with Crippen molar-refractivity contribution in [3.05, 3.63) is 11.1 Å². The Morgan fingerprint density at radius 3 is 2.96 bits per heavy atom. The predicted octanol–water partition coefficient (Wildman–Crippen LogP) is 1.45. The van der Waals surface area contributed by atoms with E-state index in [9.17, 15) is 4.79 Å². The lowest BCUT2D eigenvalue weighted by Crippen LogP contribution is -2.46. The highest BCUT2D eigenvalue weighted by molar-refractivity contribution is 7.15. The van der Waals surface area contributed by atoms with Gasteiger partial charge >= 0.3 is 0 Å². The molecule has 1 atom stereocenters. The van der Waals surface area contributed by atoms with Gasteiger partial charge in [-0.1, -0.05) is 6.42 Å². The van der Waals surface area contributed by atoms with Crippen molar-refractivity contribution < 1.29 is 4.79 Å². The maximum Gasteiger partial charge on any atom is 0.221 e. The summed E-state index contributed by atoms with van der Waals surface area (Å²) in [6.07, 6.45) is 5.99. The first-order valence-corrected chi connectivity index (χ1v) is 8.74. The lowest BCUT2D eigenvalue weighted by molar-refractivity contribution is -0.121. The van der Waals surface area contributed by atoms with Crippen molar-refractivity contribution in [2.45, 2.75) is 38.3 Å². The number of carbonyl (C=O) groups excluding carboxylic acids is 1. The molecular formula is C15H28ClN5OS. The molecule has 0 bridgehead atoms. The maximum atomic E-state index is 11.6. The predicted molar refractivity (Wildman–Crippen MR) is 98.4 cm³/mol. The Kier molecular flexibility index (Phi) is 8.83. The summed E-state index contributed by atoms with van der Waals surface area (Å²) in [6, 6.07) is 0.417. The smallest absolute Gasteiger partial charge is 0.221 e. The van der Waals surface area contributed by atoms with Crippen LogP contribution in [-0.4, -0.2) is 55.6 Å². The molecule has 23 heavy (non-hydrogen) atoms. The average Bonchev–Trinajstić information content (AvgIpc) is 2.95. The molecule has 0 spiro atoms. The van der Waals surface area contributed by atoms with Crippen molar-refractivity contribution in [2.75, 3.05) is 38.6 Å². The van der Waals surface area contributed by atoms with Crippen LogP contribution in [0.2, 0.25) is 0 Å². The molecule has 0 aromatic carbocycles. The number of hydrogen-bond acceptors (Lipinski definition) is 6. The van der Waals surface area contributed by atoms with Gasteiger partial charge < -0.3 is 16.0 Å². The molecule has 0 aliphatic carbocycles. The van der Waals surface area contributed by atoms with E-state index in [2.05, 4.69) is 15.2 Å². The van der Waals surface area contributed by atoms with Gasteiger partial charge in [-0.2, -0.15) is 0 Å². The summed E-state index contributed by atoms with van der Waals surface area (Å²) in [7, 11) is 4.03. The number of thiazole rings is 1. The number of nitrogens with two attached hydrogens (primary N) is 1. The Balaban J connectivity index is 0.00000264. The van der Waals surface area contributed by atoms with Gasteiger partial charge in [-0.05, 0) is 19.4 Å². The lowest BCUT2D eigenvalue weighted by Gasteiger charge is -2.35. The van der Waals surface area contributed by atoms with Gasteiger partial charge in [0.2, 0.25) is 5.91 Å². The number of hydrogen-bond donors (Lipinski definition) is 2. The number of carbonyl (C=O) groups is 1. The molecule has 3 N–H and O–H groups in total. The molecule has 1 amide bonds. The molecule has 2 rings (SSSR count). The van der Waals surface area contributed by atoms with E-state index in [1.807, 2.05) is 25.2 Å². The Labute approximate surface area is 148 Å². The molecule has 6 nitrogen and oxygen atoms in total. The Morgan fingerprint density at radius 1 is 1.52 bits per heavy atom. The highest BCUT2D eigenvalue weighted by Crippen LogP contribution is 2.25. The van der Waals surface area contributed by atoms with Crippen molar-refractivity contribution in [3.8, 4) is 0 Å². The Bertz CT molecular complexity index is 482. The molecule has 0 saturated carbocycles. The number of aromatic nitrogens is 1. The molecule has 1 saturated heterocycles. The molecular weight excluding hydrogens is 334 g/mol. The molecule has 0 radical (unpaired) electrons. The fourth-order valence-electron chi connectivity index (χ4n) is 2.73. The largest absolute Gasteiger partial charge is 0.354 e. The second kappa shape index (κ2) is 10.1. The van der Waals surface area contributed by atoms with Crippen molar-refractivity contribution in [2.24, 2.45) is 5.73 Å². The summed E-state index contributed by atoms with van der Waals surface area (Å²) >= 11 is 1.74. The molecule has 8 heteroatoms. The third kappa shape index (κ3) is 6.25. The number of halogens is 1. The van der Waals surface area contributed by atoms with Crippen molar-refractivity contribution in [3.63, 3.8) is 0 Å². The maximum absolute atomic E-state index is 11.6. The van der Waals surface area contributed by atoms with E-state index >= 15 is 0 Å². The van der Waals surface area contributed by atoms with Crippen LogP contribution in [0.4, 0.5) is 5.13 Å². The SMILES string of the molecule is CN(C)c1ncc(CN2CCCCC2CNC(=O)CCN)s1.Cl. The zero-order chi connectivity index (χ0) is 15.9. The molecule has 2 heterocycles. The number of anilines is 1. The van der Waals surface area contributed by atoms with Crippen LogP contribution in [0.25, 0.3) is 0 Å². The fourth-order valence-corrected chi connectivity index (χ4v) is 3.59. The average molecular weight is 362 g/mol. The molecule has 1 unspecified atom stereocenters. The van der Waals surface area contributed by atoms with Gasteiger partial charge in [0.1, 0.15) is 0 Å². The normalized spacial score (nSPS) is 18.3. The first-order valence-electron chi connectivity index (χ1n) is 7.93. The van der Waals surface area contributed by atoms with E-state index in [1.165, 1.54) is 17.7 Å². The van der Waals surface area contributed by atoms with Crippen LogP contribution in [0.5, 0.6) is 0 Å². The summed E-state index contributed by atoms with van der Waals surface area (Å²) in [5.74, 6) is 0.0562. The molecule has 1 fully saturated rings. The molecule has 1 aliphatic heterocycles. The Morgan fingerprint density at radius 2 is 2.30 bits per heavy atom. The van der Waals surface area contributed by atoms with E-state index < -0.39 is 0 Å². The highest BCUT2D eigenvalue weighted by atomic mass is 35.5. The zero-order valence-corrected chi connectivity index (χ0v) is 15.6. The zero-order valence-electron chi connectivity index (χ0n) is 14.0. The number of piperidine rings is 1. The minimum atomic E-state index is 0. The second-order valence-corrected chi connectivity index (χ2v) is 7.06. The molecule has 1 aromatic rings. The second-order valence-electron chi connectivity index (χ2n) is 5.97. The van der Waals surface area contributed by atoms with Gasteiger partial charge in [0.05, 0.1) is 0 Å². The van der Waals surface area contributed by atoms with Gasteiger partial charge in [-0.15, -0.1) is 23.7 Å². The Hall–Kier alpha value is -0.890. The van der Waals surface area contributed by atoms with Crippen molar-refractivity contribution in [1.82, 2.24) is 15.2 Å². The topological polar surface area (TPSA) is 74.5 Å².